The Bertz CT molecular complexity index is 398. The quantitative estimate of drug-likeness (QED) is 0.892. The van der Waals surface area contributed by atoms with E-state index >= 15 is 0 Å². The lowest BCUT2D eigenvalue weighted by molar-refractivity contribution is 0.144. The van der Waals surface area contributed by atoms with Crippen LogP contribution in [0.3, 0.4) is 0 Å². The minimum Gasteiger partial charge on any atom is -0.329 e. The number of nitrogens with zero attached hydrogens (tertiary/aromatic N) is 1. The van der Waals surface area contributed by atoms with Gasteiger partial charge in [-0.05, 0) is 31.5 Å². The van der Waals surface area contributed by atoms with Crippen LogP contribution in [-0.4, -0.2) is 24.0 Å². The van der Waals surface area contributed by atoms with Crippen molar-refractivity contribution in [3.63, 3.8) is 0 Å². The van der Waals surface area contributed by atoms with Crippen molar-refractivity contribution in [2.45, 2.75) is 44.7 Å². The van der Waals surface area contributed by atoms with Crippen molar-refractivity contribution in [3.8, 4) is 0 Å². The Morgan fingerprint density at radius 2 is 2.11 bits per heavy atom. The van der Waals surface area contributed by atoms with E-state index in [1.165, 1.54) is 31.7 Å². The molecule has 19 heavy (non-hydrogen) atoms. The van der Waals surface area contributed by atoms with Gasteiger partial charge in [-0.25, -0.2) is 4.39 Å². The third-order valence-corrected chi connectivity index (χ3v) is 4.44. The Balaban J connectivity index is 2.31. The highest BCUT2D eigenvalue weighted by atomic mass is 35.5. The van der Waals surface area contributed by atoms with Crippen molar-refractivity contribution in [2.75, 3.05) is 13.1 Å². The fraction of sp³-hybridized carbons (Fsp3) is 0.600. The van der Waals surface area contributed by atoms with Gasteiger partial charge >= 0.3 is 0 Å². The Morgan fingerprint density at radius 1 is 1.42 bits per heavy atom. The van der Waals surface area contributed by atoms with E-state index in [-0.39, 0.29) is 11.9 Å². The lowest BCUT2D eigenvalue weighted by Gasteiger charge is -2.35. The van der Waals surface area contributed by atoms with Gasteiger partial charge < -0.3 is 5.73 Å². The Kier molecular flexibility index (Phi) is 5.20. The number of rotatable bonds is 5. The van der Waals surface area contributed by atoms with Crippen LogP contribution in [0.2, 0.25) is 5.02 Å². The van der Waals surface area contributed by atoms with Crippen LogP contribution in [0.5, 0.6) is 0 Å². The lowest BCUT2D eigenvalue weighted by Crippen LogP contribution is -2.40. The highest BCUT2D eigenvalue weighted by Crippen LogP contribution is 2.34. The van der Waals surface area contributed by atoms with Gasteiger partial charge in [-0.2, -0.15) is 0 Å². The fourth-order valence-corrected chi connectivity index (χ4v) is 3.51. The molecule has 106 valence electrons. The molecular formula is C15H22ClFN2. The van der Waals surface area contributed by atoms with Crippen LogP contribution in [0.15, 0.2) is 18.2 Å². The average molecular weight is 285 g/mol. The number of hydrogen-bond acceptors (Lipinski definition) is 2. The molecule has 0 aromatic heterocycles. The summed E-state index contributed by atoms with van der Waals surface area (Å²) in [6, 6.07) is 5.23. The third-order valence-electron chi connectivity index (χ3n) is 4.12. The van der Waals surface area contributed by atoms with Crippen molar-refractivity contribution in [2.24, 2.45) is 5.73 Å². The average Bonchev–Trinajstić information content (AvgIpc) is 2.91. The van der Waals surface area contributed by atoms with E-state index in [9.17, 15) is 4.39 Å². The maximum Gasteiger partial charge on any atom is 0.129 e. The van der Waals surface area contributed by atoms with Crippen LogP contribution in [0.1, 0.15) is 44.2 Å². The molecule has 1 aliphatic rings. The summed E-state index contributed by atoms with van der Waals surface area (Å²) >= 11 is 6.19. The van der Waals surface area contributed by atoms with Gasteiger partial charge in [-0.3, -0.25) is 4.90 Å². The third kappa shape index (κ3) is 3.10. The van der Waals surface area contributed by atoms with Gasteiger partial charge in [0.25, 0.3) is 0 Å². The van der Waals surface area contributed by atoms with Crippen molar-refractivity contribution < 1.29 is 4.39 Å². The van der Waals surface area contributed by atoms with Crippen molar-refractivity contribution >= 4 is 11.6 Å². The maximum atomic E-state index is 14.1. The molecule has 1 saturated carbocycles. The number of likely N-dealkylation sites (N-methyl/N-ethyl adjacent to an activating group) is 1. The van der Waals surface area contributed by atoms with E-state index in [1.54, 1.807) is 12.1 Å². The van der Waals surface area contributed by atoms with Gasteiger partial charge in [-0.15, -0.1) is 0 Å². The first-order valence-corrected chi connectivity index (χ1v) is 7.46. The molecule has 0 radical (unpaired) electrons. The van der Waals surface area contributed by atoms with Crippen LogP contribution < -0.4 is 5.73 Å². The van der Waals surface area contributed by atoms with Gasteiger partial charge in [0.1, 0.15) is 5.82 Å². The fourth-order valence-electron chi connectivity index (χ4n) is 3.22. The second-order valence-electron chi connectivity index (χ2n) is 5.16. The summed E-state index contributed by atoms with van der Waals surface area (Å²) < 4.78 is 14.1. The second kappa shape index (κ2) is 6.69. The minimum absolute atomic E-state index is 0.123. The molecule has 1 aliphatic carbocycles. The van der Waals surface area contributed by atoms with Gasteiger partial charge in [0.2, 0.25) is 0 Å². The van der Waals surface area contributed by atoms with Crippen LogP contribution in [0, 0.1) is 5.82 Å². The zero-order chi connectivity index (χ0) is 13.8. The predicted molar refractivity (Wildman–Crippen MR) is 77.8 cm³/mol. The molecule has 1 fully saturated rings. The number of nitrogens with two attached hydrogens (primary N) is 1. The van der Waals surface area contributed by atoms with Crippen LogP contribution >= 0.6 is 11.6 Å². The summed E-state index contributed by atoms with van der Waals surface area (Å²) in [7, 11) is 0. The van der Waals surface area contributed by atoms with Gasteiger partial charge in [0, 0.05) is 23.2 Å². The van der Waals surface area contributed by atoms with Gasteiger partial charge in [-0.1, -0.05) is 37.4 Å². The van der Waals surface area contributed by atoms with E-state index in [0.717, 1.165) is 6.54 Å². The highest BCUT2D eigenvalue weighted by Gasteiger charge is 2.30. The molecule has 0 spiro atoms. The molecule has 1 aromatic rings. The summed E-state index contributed by atoms with van der Waals surface area (Å²) in [5.41, 5.74) is 6.48. The number of hydrogen-bond donors (Lipinski definition) is 1. The summed E-state index contributed by atoms with van der Waals surface area (Å²) in [5, 5.41) is 0.479. The zero-order valence-corrected chi connectivity index (χ0v) is 12.2. The first-order valence-electron chi connectivity index (χ1n) is 7.08. The SMILES string of the molecule is CCN(C1CCCC1)C(CN)c1c(F)cccc1Cl. The molecule has 2 N–H and O–H groups in total. The standard InChI is InChI=1S/C15H22ClFN2/c1-2-19(11-6-3-4-7-11)14(10-18)15-12(16)8-5-9-13(15)17/h5,8-9,11,14H,2-4,6-7,10,18H2,1H3. The zero-order valence-electron chi connectivity index (χ0n) is 11.4. The Hall–Kier alpha value is -0.640. The van der Waals surface area contributed by atoms with E-state index in [1.807, 2.05) is 0 Å². The first kappa shape index (κ1) is 14.8. The highest BCUT2D eigenvalue weighted by molar-refractivity contribution is 6.31. The normalized spacial score (nSPS) is 18.2. The first-order chi connectivity index (χ1) is 9.19. The van der Waals surface area contributed by atoms with Crippen LogP contribution in [0.4, 0.5) is 4.39 Å². The monoisotopic (exact) mass is 284 g/mol. The summed E-state index contributed by atoms with van der Waals surface area (Å²) in [6.45, 7) is 3.37. The lowest BCUT2D eigenvalue weighted by atomic mass is 10.0. The second-order valence-corrected chi connectivity index (χ2v) is 5.56. The van der Waals surface area contributed by atoms with E-state index in [0.29, 0.717) is 23.2 Å². The molecule has 1 atom stereocenters. The minimum atomic E-state index is -0.251. The Morgan fingerprint density at radius 3 is 2.63 bits per heavy atom. The number of benzene rings is 1. The summed E-state index contributed by atoms with van der Waals surface area (Å²) in [4.78, 5) is 2.32. The van der Waals surface area contributed by atoms with Crippen molar-refractivity contribution in [1.29, 1.82) is 0 Å². The van der Waals surface area contributed by atoms with Gasteiger partial charge in [0.15, 0.2) is 0 Å². The largest absolute Gasteiger partial charge is 0.329 e. The summed E-state index contributed by atoms with van der Waals surface area (Å²) in [6.07, 6.45) is 4.86. The molecule has 2 rings (SSSR count). The number of halogens is 2. The smallest absolute Gasteiger partial charge is 0.129 e. The molecular weight excluding hydrogens is 263 g/mol. The molecule has 0 saturated heterocycles. The van der Waals surface area contributed by atoms with Crippen LogP contribution in [0.25, 0.3) is 0 Å². The molecule has 2 nitrogen and oxygen atoms in total. The maximum absolute atomic E-state index is 14.1. The molecule has 1 unspecified atom stereocenters. The topological polar surface area (TPSA) is 29.3 Å². The molecule has 1 aromatic carbocycles. The predicted octanol–water partition coefficient (Wildman–Crippen LogP) is 3.74. The van der Waals surface area contributed by atoms with Crippen molar-refractivity contribution in [1.82, 2.24) is 4.90 Å². The molecule has 4 heteroatoms. The molecule has 0 heterocycles. The van der Waals surface area contributed by atoms with Crippen LogP contribution in [-0.2, 0) is 0 Å². The summed E-state index contributed by atoms with van der Waals surface area (Å²) in [5.74, 6) is -0.251. The van der Waals surface area contributed by atoms with E-state index in [4.69, 9.17) is 17.3 Å². The van der Waals surface area contributed by atoms with E-state index < -0.39 is 0 Å². The molecule has 0 aliphatic heterocycles. The van der Waals surface area contributed by atoms with Crippen molar-refractivity contribution in [3.05, 3.63) is 34.6 Å². The Labute approximate surface area is 119 Å². The molecule has 0 amide bonds. The van der Waals surface area contributed by atoms with Gasteiger partial charge in [0.05, 0.1) is 6.04 Å². The van der Waals surface area contributed by atoms with E-state index in [2.05, 4.69) is 11.8 Å². The molecule has 0 bridgehead atoms.